The summed E-state index contributed by atoms with van der Waals surface area (Å²) in [5.41, 5.74) is 11.8. The molecule has 0 aromatic heterocycles. The molecule has 0 spiro atoms. The molecule has 0 bridgehead atoms. The first-order chi connectivity index (χ1) is 10.6. The van der Waals surface area contributed by atoms with Gasteiger partial charge in [0.1, 0.15) is 0 Å². The molecule has 22 heavy (non-hydrogen) atoms. The standard InChI is InChI=1S/C20H26N2/c1-15-3-7-17(8-4-15)12-22-13-19(11-20(21)14-22)18-9-5-16(2)6-10-18/h3-10,19-20H,11-14,21H2,1-2H3. The number of aryl methyl sites for hydroxylation is 2. The molecule has 2 aromatic rings. The molecule has 2 aromatic carbocycles. The Labute approximate surface area is 134 Å². The van der Waals surface area contributed by atoms with Crippen molar-refractivity contribution in [1.82, 2.24) is 4.90 Å². The van der Waals surface area contributed by atoms with Crippen LogP contribution in [0.3, 0.4) is 0 Å². The van der Waals surface area contributed by atoms with Crippen molar-refractivity contribution in [3.63, 3.8) is 0 Å². The van der Waals surface area contributed by atoms with E-state index in [0.29, 0.717) is 5.92 Å². The van der Waals surface area contributed by atoms with Gasteiger partial charge in [0.05, 0.1) is 0 Å². The first-order valence-electron chi connectivity index (χ1n) is 8.20. The summed E-state index contributed by atoms with van der Waals surface area (Å²) in [6.45, 7) is 7.37. The van der Waals surface area contributed by atoms with Crippen LogP contribution in [0.2, 0.25) is 0 Å². The lowest BCUT2D eigenvalue weighted by Gasteiger charge is -2.36. The van der Waals surface area contributed by atoms with Crippen LogP contribution in [0.1, 0.15) is 34.6 Å². The van der Waals surface area contributed by atoms with Crippen LogP contribution in [0.4, 0.5) is 0 Å². The van der Waals surface area contributed by atoms with Crippen molar-refractivity contribution < 1.29 is 0 Å². The first-order valence-corrected chi connectivity index (χ1v) is 8.20. The van der Waals surface area contributed by atoms with E-state index >= 15 is 0 Å². The minimum absolute atomic E-state index is 0.269. The molecular weight excluding hydrogens is 268 g/mol. The fourth-order valence-corrected chi connectivity index (χ4v) is 3.39. The smallest absolute Gasteiger partial charge is 0.0234 e. The Hall–Kier alpha value is -1.64. The van der Waals surface area contributed by atoms with E-state index in [1.807, 2.05) is 0 Å². The van der Waals surface area contributed by atoms with Crippen LogP contribution >= 0.6 is 0 Å². The van der Waals surface area contributed by atoms with Crippen LogP contribution in [0.15, 0.2) is 48.5 Å². The van der Waals surface area contributed by atoms with E-state index in [-0.39, 0.29) is 6.04 Å². The second-order valence-electron chi connectivity index (χ2n) is 6.78. The minimum Gasteiger partial charge on any atom is -0.327 e. The fraction of sp³-hybridized carbons (Fsp3) is 0.400. The summed E-state index contributed by atoms with van der Waals surface area (Å²) < 4.78 is 0. The molecule has 2 heteroatoms. The predicted octanol–water partition coefficient (Wildman–Crippen LogP) is 3.62. The zero-order valence-corrected chi connectivity index (χ0v) is 13.6. The van der Waals surface area contributed by atoms with Gasteiger partial charge in [0.15, 0.2) is 0 Å². The van der Waals surface area contributed by atoms with Gasteiger partial charge < -0.3 is 5.73 Å². The van der Waals surface area contributed by atoms with Crippen LogP contribution in [-0.2, 0) is 6.54 Å². The summed E-state index contributed by atoms with van der Waals surface area (Å²) in [5, 5.41) is 0. The highest BCUT2D eigenvalue weighted by Crippen LogP contribution is 2.27. The highest BCUT2D eigenvalue weighted by Gasteiger charge is 2.26. The zero-order valence-electron chi connectivity index (χ0n) is 13.6. The van der Waals surface area contributed by atoms with Gasteiger partial charge in [0.2, 0.25) is 0 Å². The summed E-state index contributed by atoms with van der Waals surface area (Å²) >= 11 is 0. The summed E-state index contributed by atoms with van der Waals surface area (Å²) in [5.74, 6) is 0.551. The number of hydrogen-bond acceptors (Lipinski definition) is 2. The van der Waals surface area contributed by atoms with E-state index in [1.165, 1.54) is 22.3 Å². The van der Waals surface area contributed by atoms with E-state index in [2.05, 4.69) is 67.3 Å². The number of nitrogens with two attached hydrogens (primary N) is 1. The molecule has 0 amide bonds. The Morgan fingerprint density at radius 2 is 1.50 bits per heavy atom. The quantitative estimate of drug-likeness (QED) is 0.937. The van der Waals surface area contributed by atoms with Crippen molar-refractivity contribution >= 4 is 0 Å². The van der Waals surface area contributed by atoms with Crippen LogP contribution in [-0.4, -0.2) is 24.0 Å². The van der Waals surface area contributed by atoms with Gasteiger partial charge in [-0.05, 0) is 37.3 Å². The Kier molecular flexibility index (Phi) is 4.60. The summed E-state index contributed by atoms with van der Waals surface area (Å²) in [6.07, 6.45) is 1.09. The second kappa shape index (κ2) is 6.64. The lowest BCUT2D eigenvalue weighted by atomic mass is 9.88. The average molecular weight is 294 g/mol. The molecule has 2 atom stereocenters. The Morgan fingerprint density at radius 1 is 0.909 bits per heavy atom. The van der Waals surface area contributed by atoms with Crippen LogP contribution in [0, 0.1) is 13.8 Å². The minimum atomic E-state index is 0.269. The zero-order chi connectivity index (χ0) is 15.5. The molecular formula is C20H26N2. The third kappa shape index (κ3) is 3.76. The van der Waals surface area contributed by atoms with Gasteiger partial charge >= 0.3 is 0 Å². The van der Waals surface area contributed by atoms with Crippen LogP contribution < -0.4 is 5.73 Å². The van der Waals surface area contributed by atoms with Gasteiger partial charge in [-0.15, -0.1) is 0 Å². The molecule has 1 saturated heterocycles. The summed E-state index contributed by atoms with van der Waals surface area (Å²) in [6, 6.07) is 18.1. The number of benzene rings is 2. The van der Waals surface area contributed by atoms with E-state index in [4.69, 9.17) is 5.73 Å². The third-order valence-corrected chi connectivity index (χ3v) is 4.63. The lowest BCUT2D eigenvalue weighted by Crippen LogP contribution is -2.45. The lowest BCUT2D eigenvalue weighted by molar-refractivity contribution is 0.181. The van der Waals surface area contributed by atoms with E-state index < -0.39 is 0 Å². The first kappa shape index (κ1) is 15.3. The Balaban J connectivity index is 1.70. The maximum atomic E-state index is 6.32. The highest BCUT2D eigenvalue weighted by atomic mass is 15.1. The van der Waals surface area contributed by atoms with Gasteiger partial charge in [0, 0.05) is 25.7 Å². The molecule has 0 radical (unpaired) electrons. The number of piperidine rings is 1. The normalized spacial score (nSPS) is 22.7. The van der Waals surface area contributed by atoms with Gasteiger partial charge in [-0.1, -0.05) is 59.7 Å². The molecule has 2 unspecified atom stereocenters. The average Bonchev–Trinajstić information content (AvgIpc) is 2.50. The summed E-state index contributed by atoms with van der Waals surface area (Å²) in [7, 11) is 0. The van der Waals surface area contributed by atoms with Gasteiger partial charge in [-0.2, -0.15) is 0 Å². The maximum absolute atomic E-state index is 6.32. The van der Waals surface area contributed by atoms with Gasteiger partial charge in [-0.3, -0.25) is 4.90 Å². The molecule has 116 valence electrons. The largest absolute Gasteiger partial charge is 0.327 e. The SMILES string of the molecule is Cc1ccc(CN2CC(N)CC(c3ccc(C)cc3)C2)cc1. The molecule has 3 rings (SSSR count). The van der Waals surface area contributed by atoms with Gasteiger partial charge in [0.25, 0.3) is 0 Å². The number of rotatable bonds is 3. The number of hydrogen-bond donors (Lipinski definition) is 1. The van der Waals surface area contributed by atoms with E-state index in [0.717, 1.165) is 26.1 Å². The molecule has 0 aliphatic carbocycles. The highest BCUT2D eigenvalue weighted by molar-refractivity contribution is 5.26. The molecule has 1 aliphatic heterocycles. The van der Waals surface area contributed by atoms with Gasteiger partial charge in [-0.25, -0.2) is 0 Å². The molecule has 0 saturated carbocycles. The van der Waals surface area contributed by atoms with Crippen molar-refractivity contribution in [1.29, 1.82) is 0 Å². The predicted molar refractivity (Wildman–Crippen MR) is 93.0 cm³/mol. The maximum Gasteiger partial charge on any atom is 0.0234 e. The Bertz CT molecular complexity index is 601. The van der Waals surface area contributed by atoms with E-state index in [1.54, 1.807) is 0 Å². The van der Waals surface area contributed by atoms with E-state index in [9.17, 15) is 0 Å². The van der Waals surface area contributed by atoms with Crippen molar-refractivity contribution in [2.45, 2.75) is 38.8 Å². The number of likely N-dealkylation sites (tertiary alicyclic amines) is 1. The Morgan fingerprint density at radius 3 is 2.14 bits per heavy atom. The number of nitrogens with zero attached hydrogens (tertiary/aromatic N) is 1. The molecule has 1 aliphatic rings. The van der Waals surface area contributed by atoms with Crippen molar-refractivity contribution in [2.75, 3.05) is 13.1 Å². The van der Waals surface area contributed by atoms with Crippen LogP contribution in [0.5, 0.6) is 0 Å². The molecule has 2 nitrogen and oxygen atoms in total. The van der Waals surface area contributed by atoms with Crippen molar-refractivity contribution in [3.05, 3.63) is 70.8 Å². The van der Waals surface area contributed by atoms with Crippen LogP contribution in [0.25, 0.3) is 0 Å². The topological polar surface area (TPSA) is 29.3 Å². The molecule has 1 fully saturated rings. The third-order valence-electron chi connectivity index (χ3n) is 4.63. The monoisotopic (exact) mass is 294 g/mol. The molecule has 1 heterocycles. The second-order valence-corrected chi connectivity index (χ2v) is 6.78. The van der Waals surface area contributed by atoms with Crippen molar-refractivity contribution in [3.8, 4) is 0 Å². The summed E-state index contributed by atoms with van der Waals surface area (Å²) in [4.78, 5) is 2.50. The van der Waals surface area contributed by atoms with Crippen molar-refractivity contribution in [2.24, 2.45) is 5.73 Å². The molecule has 2 N–H and O–H groups in total. The fourth-order valence-electron chi connectivity index (χ4n) is 3.39.